The summed E-state index contributed by atoms with van der Waals surface area (Å²) in [6, 6.07) is 8.61. The Morgan fingerprint density at radius 1 is 1.07 bits per heavy atom. The SMILES string of the molecule is O=C(/C=C/C(=O)Oc1ccccc1)O[SiH3]. The Hall–Kier alpha value is -1.88. The van der Waals surface area contributed by atoms with E-state index in [1.165, 1.54) is 0 Å². The summed E-state index contributed by atoms with van der Waals surface area (Å²) in [6.45, 7) is 0. The number of benzene rings is 1. The standard InChI is InChI=1S/C10H10O4Si/c11-9(6-7-10(12)14-15)13-8-4-2-1-3-5-8/h1-7H,15H3/b7-6+. The van der Waals surface area contributed by atoms with E-state index in [1.807, 2.05) is 6.07 Å². The number of carbonyl (C=O) groups is 2. The van der Waals surface area contributed by atoms with Gasteiger partial charge in [-0.2, -0.15) is 0 Å². The van der Waals surface area contributed by atoms with E-state index in [2.05, 4.69) is 4.43 Å². The number of rotatable bonds is 3. The first-order valence-electron chi connectivity index (χ1n) is 4.25. The van der Waals surface area contributed by atoms with Crippen molar-refractivity contribution < 1.29 is 18.8 Å². The van der Waals surface area contributed by atoms with Crippen molar-refractivity contribution in [2.75, 3.05) is 0 Å². The molecule has 0 aliphatic heterocycles. The molecule has 0 saturated carbocycles. The maximum atomic E-state index is 11.1. The normalized spacial score (nSPS) is 10.1. The van der Waals surface area contributed by atoms with Crippen molar-refractivity contribution >= 4 is 22.4 Å². The van der Waals surface area contributed by atoms with Crippen LogP contribution in [-0.4, -0.2) is 22.4 Å². The van der Waals surface area contributed by atoms with Crippen LogP contribution in [-0.2, 0) is 14.0 Å². The third-order valence-corrected chi connectivity index (χ3v) is 1.92. The molecule has 0 heterocycles. The molecule has 0 aliphatic carbocycles. The second-order valence-electron chi connectivity index (χ2n) is 2.59. The number of carbonyl (C=O) groups excluding carboxylic acids is 2. The van der Waals surface area contributed by atoms with Crippen LogP contribution in [0.25, 0.3) is 0 Å². The Bertz CT molecular complexity index is 372. The highest BCUT2D eigenvalue weighted by molar-refractivity contribution is 6.08. The minimum Gasteiger partial charge on any atom is -0.526 e. The molecule has 4 nitrogen and oxygen atoms in total. The number of hydrogen-bond acceptors (Lipinski definition) is 4. The van der Waals surface area contributed by atoms with Gasteiger partial charge in [0.2, 0.25) is 10.5 Å². The third kappa shape index (κ3) is 4.23. The van der Waals surface area contributed by atoms with Gasteiger partial charge in [-0.15, -0.1) is 0 Å². The summed E-state index contributed by atoms with van der Waals surface area (Å²) >= 11 is 0. The molecule has 0 aliphatic rings. The van der Waals surface area contributed by atoms with Crippen LogP contribution in [0.15, 0.2) is 42.5 Å². The van der Waals surface area contributed by atoms with Gasteiger partial charge < -0.3 is 9.16 Å². The second-order valence-corrected chi connectivity index (χ2v) is 3.00. The van der Waals surface area contributed by atoms with Gasteiger partial charge in [0.25, 0.3) is 0 Å². The lowest BCUT2D eigenvalue weighted by molar-refractivity contribution is -0.131. The van der Waals surface area contributed by atoms with Crippen LogP contribution in [0.2, 0.25) is 0 Å². The summed E-state index contributed by atoms with van der Waals surface area (Å²) in [7, 11) is 0.307. The quantitative estimate of drug-likeness (QED) is 0.312. The number of hydrogen-bond donors (Lipinski definition) is 0. The molecule has 15 heavy (non-hydrogen) atoms. The summed E-state index contributed by atoms with van der Waals surface area (Å²) in [5.41, 5.74) is 0. The summed E-state index contributed by atoms with van der Waals surface area (Å²) in [6.07, 6.45) is 2.07. The Balaban J connectivity index is 2.50. The Kier molecular flexibility index (Phi) is 4.30. The summed E-state index contributed by atoms with van der Waals surface area (Å²) in [5, 5.41) is 0. The molecular formula is C10H10O4Si. The number of para-hydroxylation sites is 1. The molecule has 0 aromatic heterocycles. The highest BCUT2D eigenvalue weighted by Gasteiger charge is 2.00. The van der Waals surface area contributed by atoms with Gasteiger partial charge in [-0.3, -0.25) is 0 Å². The Morgan fingerprint density at radius 3 is 2.27 bits per heavy atom. The fraction of sp³-hybridized carbons (Fsp3) is 0. The van der Waals surface area contributed by atoms with Gasteiger partial charge in [-0.05, 0) is 12.1 Å². The van der Waals surface area contributed by atoms with Crippen LogP contribution in [0.5, 0.6) is 5.75 Å². The van der Waals surface area contributed by atoms with Crippen molar-refractivity contribution in [2.24, 2.45) is 0 Å². The minimum absolute atomic E-state index is 0.307. The lowest BCUT2D eigenvalue weighted by atomic mass is 10.3. The maximum absolute atomic E-state index is 11.1. The molecule has 1 aromatic carbocycles. The molecule has 1 aromatic rings. The van der Waals surface area contributed by atoms with E-state index in [0.717, 1.165) is 12.2 Å². The minimum atomic E-state index is -0.603. The fourth-order valence-corrected chi connectivity index (χ4v) is 0.979. The van der Waals surface area contributed by atoms with Crippen LogP contribution >= 0.6 is 0 Å². The number of ether oxygens (including phenoxy) is 1. The van der Waals surface area contributed by atoms with Gasteiger partial charge in [0, 0.05) is 12.2 Å². The van der Waals surface area contributed by atoms with Crippen LogP contribution in [0, 0.1) is 0 Å². The zero-order valence-corrected chi connectivity index (χ0v) is 10.2. The van der Waals surface area contributed by atoms with Crippen LogP contribution in [0.3, 0.4) is 0 Å². The van der Waals surface area contributed by atoms with Crippen molar-refractivity contribution in [2.45, 2.75) is 0 Å². The summed E-state index contributed by atoms with van der Waals surface area (Å²) in [5.74, 6) is -0.702. The zero-order valence-electron chi connectivity index (χ0n) is 8.17. The van der Waals surface area contributed by atoms with E-state index < -0.39 is 11.9 Å². The topological polar surface area (TPSA) is 52.6 Å². The van der Waals surface area contributed by atoms with Gasteiger partial charge >= 0.3 is 11.9 Å². The lowest BCUT2D eigenvalue weighted by Crippen LogP contribution is -2.05. The van der Waals surface area contributed by atoms with E-state index >= 15 is 0 Å². The van der Waals surface area contributed by atoms with Crippen LogP contribution < -0.4 is 4.74 Å². The molecule has 0 spiro atoms. The molecule has 5 heteroatoms. The van der Waals surface area contributed by atoms with E-state index in [4.69, 9.17) is 4.74 Å². The molecule has 0 saturated heterocycles. The molecule has 1 rings (SSSR count). The first-order valence-corrected chi connectivity index (χ1v) is 5.07. The zero-order chi connectivity index (χ0) is 11.1. The van der Waals surface area contributed by atoms with Crippen LogP contribution in [0.4, 0.5) is 0 Å². The lowest BCUT2D eigenvalue weighted by Gasteiger charge is -1.99. The fourth-order valence-electron chi connectivity index (χ4n) is 0.843. The molecule has 0 unspecified atom stereocenters. The summed E-state index contributed by atoms with van der Waals surface area (Å²) < 4.78 is 9.34. The van der Waals surface area contributed by atoms with Crippen molar-refractivity contribution in [1.29, 1.82) is 0 Å². The van der Waals surface area contributed by atoms with Crippen LogP contribution in [0.1, 0.15) is 0 Å². The van der Waals surface area contributed by atoms with Crippen molar-refractivity contribution in [3.05, 3.63) is 42.5 Å². The molecule has 0 radical (unpaired) electrons. The molecule has 0 bridgehead atoms. The molecule has 0 amide bonds. The van der Waals surface area contributed by atoms with Gasteiger partial charge in [0.15, 0.2) is 0 Å². The van der Waals surface area contributed by atoms with Gasteiger partial charge in [0.1, 0.15) is 5.75 Å². The highest BCUT2D eigenvalue weighted by atomic mass is 28.2. The average Bonchev–Trinajstić information content (AvgIpc) is 2.27. The predicted molar refractivity (Wildman–Crippen MR) is 57.2 cm³/mol. The van der Waals surface area contributed by atoms with E-state index in [0.29, 0.717) is 16.2 Å². The Morgan fingerprint density at radius 2 is 1.67 bits per heavy atom. The van der Waals surface area contributed by atoms with E-state index in [9.17, 15) is 9.59 Å². The van der Waals surface area contributed by atoms with Crippen molar-refractivity contribution in [1.82, 2.24) is 0 Å². The largest absolute Gasteiger partial charge is 0.526 e. The molecule has 78 valence electrons. The average molecular weight is 222 g/mol. The highest BCUT2D eigenvalue weighted by Crippen LogP contribution is 2.08. The van der Waals surface area contributed by atoms with Crippen molar-refractivity contribution in [3.63, 3.8) is 0 Å². The third-order valence-electron chi connectivity index (χ3n) is 1.52. The maximum Gasteiger partial charge on any atom is 0.336 e. The molecule has 0 N–H and O–H groups in total. The number of esters is 1. The first-order chi connectivity index (χ1) is 7.22. The Labute approximate surface area is 90.0 Å². The predicted octanol–water partition coefficient (Wildman–Crippen LogP) is -0.0282. The smallest absolute Gasteiger partial charge is 0.336 e. The molecule has 0 atom stereocenters. The monoisotopic (exact) mass is 222 g/mol. The second kappa shape index (κ2) is 5.76. The van der Waals surface area contributed by atoms with Crippen molar-refractivity contribution in [3.8, 4) is 5.75 Å². The van der Waals surface area contributed by atoms with Gasteiger partial charge in [-0.25, -0.2) is 9.59 Å². The van der Waals surface area contributed by atoms with E-state index in [1.54, 1.807) is 24.3 Å². The first kappa shape index (κ1) is 11.2. The summed E-state index contributed by atoms with van der Waals surface area (Å²) in [4.78, 5) is 21.8. The van der Waals surface area contributed by atoms with Gasteiger partial charge in [-0.1, -0.05) is 18.2 Å². The molecule has 0 fully saturated rings. The van der Waals surface area contributed by atoms with E-state index in [-0.39, 0.29) is 0 Å². The molecular weight excluding hydrogens is 212 g/mol. The van der Waals surface area contributed by atoms with Gasteiger partial charge in [0.05, 0.1) is 0 Å².